The number of urea groups is 1. The van der Waals surface area contributed by atoms with Crippen molar-refractivity contribution in [2.45, 2.75) is 38.1 Å². The Balaban J connectivity index is 1.36. The molecule has 2 fully saturated rings. The topological polar surface area (TPSA) is 97.3 Å². The van der Waals surface area contributed by atoms with Crippen LogP contribution in [0.1, 0.15) is 52.2 Å². The van der Waals surface area contributed by atoms with Crippen molar-refractivity contribution in [3.8, 4) is 6.07 Å². The quantitative estimate of drug-likeness (QED) is 0.691. The molecule has 0 saturated carbocycles. The molecule has 0 spiro atoms. The first kappa shape index (κ1) is 21.8. The van der Waals surface area contributed by atoms with Gasteiger partial charge < -0.3 is 20.9 Å². The van der Waals surface area contributed by atoms with Gasteiger partial charge in [0.25, 0.3) is 5.91 Å². The molecule has 3 N–H and O–H groups in total. The van der Waals surface area contributed by atoms with E-state index >= 15 is 0 Å². The third kappa shape index (κ3) is 5.09. The average Bonchev–Trinajstić information content (AvgIpc) is 3.33. The van der Waals surface area contributed by atoms with Crippen LogP contribution < -0.4 is 16.0 Å². The van der Waals surface area contributed by atoms with Gasteiger partial charge in [0, 0.05) is 36.9 Å². The van der Waals surface area contributed by atoms with Crippen LogP contribution in [0, 0.1) is 18.3 Å². The van der Waals surface area contributed by atoms with Gasteiger partial charge in [-0.25, -0.2) is 4.79 Å². The number of nitrogens with one attached hydrogen (secondary N) is 3. The van der Waals surface area contributed by atoms with Crippen LogP contribution in [-0.2, 0) is 0 Å². The Morgan fingerprint density at radius 2 is 1.84 bits per heavy atom. The van der Waals surface area contributed by atoms with Crippen LogP contribution in [0.5, 0.6) is 0 Å². The second-order valence-corrected chi connectivity index (χ2v) is 8.62. The predicted octanol–water partition coefficient (Wildman–Crippen LogP) is 3.37. The number of amides is 3. The minimum Gasteiger partial charge on any atom is -0.339 e. The van der Waals surface area contributed by atoms with Gasteiger partial charge in [0.1, 0.15) is 0 Å². The molecule has 1 unspecified atom stereocenters. The maximum absolute atomic E-state index is 13.1. The lowest BCUT2D eigenvalue weighted by Gasteiger charge is -2.32. The van der Waals surface area contributed by atoms with E-state index in [2.05, 4.69) is 22.0 Å². The van der Waals surface area contributed by atoms with Crippen molar-refractivity contribution in [1.29, 1.82) is 5.26 Å². The second kappa shape index (κ2) is 9.84. The number of nitrogens with zero attached hydrogens (tertiary/aromatic N) is 2. The van der Waals surface area contributed by atoms with Gasteiger partial charge in [0.05, 0.1) is 11.6 Å². The number of hydrogen-bond acceptors (Lipinski definition) is 4. The number of carbonyl (C=O) groups excluding carboxylic acids is 2. The van der Waals surface area contributed by atoms with E-state index in [4.69, 9.17) is 5.26 Å². The molecule has 4 rings (SSSR count). The lowest BCUT2D eigenvalue weighted by molar-refractivity contribution is 0.0713. The summed E-state index contributed by atoms with van der Waals surface area (Å²) in [5.74, 6) is 0.391. The van der Waals surface area contributed by atoms with Gasteiger partial charge >= 0.3 is 6.03 Å². The monoisotopic (exact) mass is 431 g/mol. The number of likely N-dealkylation sites (tertiary alicyclic amines) is 1. The van der Waals surface area contributed by atoms with E-state index in [1.54, 1.807) is 6.07 Å². The van der Waals surface area contributed by atoms with Crippen LogP contribution in [0.15, 0.2) is 42.5 Å². The number of rotatable bonds is 4. The van der Waals surface area contributed by atoms with Crippen LogP contribution in [0.2, 0.25) is 0 Å². The molecular formula is C25H29N5O2. The Hall–Kier alpha value is -3.37. The Labute approximate surface area is 188 Å². The number of nitriles is 1. The highest BCUT2D eigenvalue weighted by Crippen LogP contribution is 2.29. The molecule has 7 nitrogen and oxygen atoms in total. The zero-order chi connectivity index (χ0) is 22.5. The fourth-order valence-electron chi connectivity index (χ4n) is 4.44. The molecule has 2 aromatic rings. The fraction of sp³-hybridized carbons (Fsp3) is 0.400. The molecule has 2 aliphatic rings. The summed E-state index contributed by atoms with van der Waals surface area (Å²) in [4.78, 5) is 27.3. The van der Waals surface area contributed by atoms with Gasteiger partial charge in [-0.05, 0) is 74.0 Å². The van der Waals surface area contributed by atoms with E-state index in [9.17, 15) is 9.59 Å². The number of aryl methyl sites for hydroxylation is 1. The Kier molecular flexibility index (Phi) is 6.72. The van der Waals surface area contributed by atoms with Crippen LogP contribution in [0.3, 0.4) is 0 Å². The van der Waals surface area contributed by atoms with Crippen LogP contribution in [-0.4, -0.2) is 49.1 Å². The smallest absolute Gasteiger partial charge is 0.319 e. The highest BCUT2D eigenvalue weighted by atomic mass is 16.2. The summed E-state index contributed by atoms with van der Waals surface area (Å²) < 4.78 is 0. The fourth-order valence-corrected chi connectivity index (χ4v) is 4.44. The number of piperidine rings is 1. The van der Waals surface area contributed by atoms with Crippen molar-refractivity contribution < 1.29 is 9.59 Å². The minimum absolute atomic E-state index is 0.00766. The van der Waals surface area contributed by atoms with Gasteiger partial charge in [0.2, 0.25) is 0 Å². The SMILES string of the molecule is Cc1ccc(C(=O)N2CCC(c3ccc(C#N)cc3)CC2)cc1NC(=O)NC1CCNC1. The molecular weight excluding hydrogens is 402 g/mol. The summed E-state index contributed by atoms with van der Waals surface area (Å²) in [5.41, 5.74) is 4.05. The molecule has 2 heterocycles. The molecule has 1 atom stereocenters. The third-order valence-corrected chi connectivity index (χ3v) is 6.42. The van der Waals surface area contributed by atoms with Gasteiger partial charge in [-0.3, -0.25) is 4.79 Å². The molecule has 2 saturated heterocycles. The maximum atomic E-state index is 13.1. The zero-order valence-corrected chi connectivity index (χ0v) is 18.4. The molecule has 0 aliphatic carbocycles. The van der Waals surface area contributed by atoms with Crippen molar-refractivity contribution in [2.24, 2.45) is 0 Å². The van der Waals surface area contributed by atoms with E-state index in [0.717, 1.165) is 37.9 Å². The molecule has 166 valence electrons. The molecule has 0 bridgehead atoms. The Morgan fingerprint density at radius 3 is 2.50 bits per heavy atom. The first-order chi connectivity index (χ1) is 15.5. The summed E-state index contributed by atoms with van der Waals surface area (Å²) in [6.07, 6.45) is 2.71. The van der Waals surface area contributed by atoms with Crippen LogP contribution in [0.4, 0.5) is 10.5 Å². The summed E-state index contributed by atoms with van der Waals surface area (Å²) in [6.45, 7) is 4.99. The summed E-state index contributed by atoms with van der Waals surface area (Å²) in [6, 6.07) is 15.3. The van der Waals surface area contributed by atoms with Crippen molar-refractivity contribution >= 4 is 17.6 Å². The van der Waals surface area contributed by atoms with Crippen molar-refractivity contribution in [3.05, 3.63) is 64.7 Å². The molecule has 3 amide bonds. The van der Waals surface area contributed by atoms with Gasteiger partial charge in [-0.15, -0.1) is 0 Å². The largest absolute Gasteiger partial charge is 0.339 e. The third-order valence-electron chi connectivity index (χ3n) is 6.42. The van der Waals surface area contributed by atoms with Gasteiger partial charge in [0.15, 0.2) is 0 Å². The standard InChI is InChI=1S/C25H29N5O2/c1-17-2-5-21(14-23(17)29-25(32)28-22-8-11-27-16-22)24(31)30-12-9-20(10-13-30)19-6-3-18(15-26)4-7-19/h2-7,14,20,22,27H,8-13,16H2,1H3,(H2,28,29,32). The highest BCUT2D eigenvalue weighted by molar-refractivity contribution is 5.97. The van der Waals surface area contributed by atoms with Crippen molar-refractivity contribution in [1.82, 2.24) is 15.5 Å². The van der Waals surface area contributed by atoms with Crippen molar-refractivity contribution in [3.63, 3.8) is 0 Å². The summed E-state index contributed by atoms with van der Waals surface area (Å²) in [7, 11) is 0. The Morgan fingerprint density at radius 1 is 1.09 bits per heavy atom. The Bertz CT molecular complexity index is 1010. The lowest BCUT2D eigenvalue weighted by atomic mass is 9.89. The molecule has 2 aliphatic heterocycles. The first-order valence-electron chi connectivity index (χ1n) is 11.2. The molecule has 2 aromatic carbocycles. The van der Waals surface area contributed by atoms with E-state index in [-0.39, 0.29) is 18.0 Å². The van der Waals surface area contributed by atoms with E-state index in [1.165, 1.54) is 5.56 Å². The highest BCUT2D eigenvalue weighted by Gasteiger charge is 2.25. The molecule has 32 heavy (non-hydrogen) atoms. The van der Waals surface area contributed by atoms with Gasteiger partial charge in [-0.2, -0.15) is 5.26 Å². The minimum atomic E-state index is -0.241. The first-order valence-corrected chi connectivity index (χ1v) is 11.2. The predicted molar refractivity (Wildman–Crippen MR) is 124 cm³/mol. The molecule has 0 aromatic heterocycles. The second-order valence-electron chi connectivity index (χ2n) is 8.62. The number of carbonyl (C=O) groups is 2. The zero-order valence-electron chi connectivity index (χ0n) is 18.4. The van der Waals surface area contributed by atoms with Crippen LogP contribution in [0.25, 0.3) is 0 Å². The lowest BCUT2D eigenvalue weighted by Crippen LogP contribution is -2.39. The number of anilines is 1. The van der Waals surface area contributed by atoms with E-state index in [0.29, 0.717) is 35.8 Å². The normalized spacial score (nSPS) is 18.8. The maximum Gasteiger partial charge on any atom is 0.319 e. The summed E-state index contributed by atoms with van der Waals surface area (Å²) >= 11 is 0. The molecule has 7 heteroatoms. The van der Waals surface area contributed by atoms with Gasteiger partial charge in [-0.1, -0.05) is 18.2 Å². The average molecular weight is 432 g/mol. The van der Waals surface area contributed by atoms with Crippen molar-refractivity contribution in [2.75, 3.05) is 31.5 Å². The summed E-state index contributed by atoms with van der Waals surface area (Å²) in [5, 5.41) is 18.1. The number of benzene rings is 2. The van der Waals surface area contributed by atoms with E-state index in [1.807, 2.05) is 48.2 Å². The van der Waals surface area contributed by atoms with Crippen LogP contribution >= 0.6 is 0 Å². The van der Waals surface area contributed by atoms with E-state index < -0.39 is 0 Å². The number of hydrogen-bond donors (Lipinski definition) is 3. The molecule has 0 radical (unpaired) electrons.